The molecule has 6 heteroatoms. The van der Waals surface area contributed by atoms with Crippen LogP contribution in [-0.4, -0.2) is 10.2 Å². The van der Waals surface area contributed by atoms with Crippen molar-refractivity contribution in [3.05, 3.63) is 69.6 Å². The topological polar surface area (TPSA) is 40.7 Å². The number of rotatable bonds is 4. The molecule has 4 aromatic rings. The molecule has 0 spiro atoms. The largest absolute Gasteiger partial charge is 0.364 e. The van der Waals surface area contributed by atoms with Crippen molar-refractivity contribution in [2.45, 2.75) is 6.54 Å². The normalized spacial score (nSPS) is 11.1. The minimum absolute atomic E-state index is 0.0988. The highest BCUT2D eigenvalue weighted by atomic mass is 35.5. The summed E-state index contributed by atoms with van der Waals surface area (Å²) < 4.78 is 14.6. The van der Waals surface area contributed by atoms with Crippen molar-refractivity contribution >= 4 is 39.7 Å². The molecule has 120 valence electrons. The molecule has 4 rings (SSSR count). The van der Waals surface area contributed by atoms with Gasteiger partial charge in [0.15, 0.2) is 11.6 Å². The lowest BCUT2D eigenvalue weighted by Crippen LogP contribution is -1.98. The number of nitrogens with one attached hydrogen (secondary N) is 2. The molecule has 0 amide bonds. The maximum Gasteiger partial charge on any atom is 0.168 e. The molecular weight excluding hydrogens is 345 g/mol. The first kappa shape index (κ1) is 15.2. The van der Waals surface area contributed by atoms with Crippen molar-refractivity contribution in [3.8, 4) is 11.1 Å². The van der Waals surface area contributed by atoms with Gasteiger partial charge in [-0.1, -0.05) is 41.9 Å². The molecule has 2 aromatic carbocycles. The minimum atomic E-state index is -0.482. The van der Waals surface area contributed by atoms with Gasteiger partial charge in [-0.15, -0.1) is 0 Å². The van der Waals surface area contributed by atoms with Gasteiger partial charge in [0.2, 0.25) is 0 Å². The number of thiophene rings is 1. The fourth-order valence-corrected chi connectivity index (χ4v) is 3.56. The summed E-state index contributed by atoms with van der Waals surface area (Å²) in [6, 6.07) is 13.4. The lowest BCUT2D eigenvalue weighted by Gasteiger charge is -2.08. The van der Waals surface area contributed by atoms with E-state index in [1.54, 1.807) is 11.3 Å². The Hall–Kier alpha value is -2.37. The van der Waals surface area contributed by atoms with Gasteiger partial charge in [0.1, 0.15) is 5.52 Å². The Bertz CT molecular complexity index is 981. The predicted octanol–water partition coefficient (Wildman–Crippen LogP) is 5.70. The minimum Gasteiger partial charge on any atom is -0.364 e. The van der Waals surface area contributed by atoms with E-state index in [4.69, 9.17) is 11.6 Å². The first-order valence-electron chi connectivity index (χ1n) is 7.40. The van der Waals surface area contributed by atoms with E-state index < -0.39 is 5.82 Å². The molecule has 0 bridgehead atoms. The highest BCUT2D eigenvalue weighted by Gasteiger charge is 2.17. The highest BCUT2D eigenvalue weighted by Crippen LogP contribution is 2.36. The van der Waals surface area contributed by atoms with E-state index in [-0.39, 0.29) is 5.02 Å². The lowest BCUT2D eigenvalue weighted by atomic mass is 10.0. The van der Waals surface area contributed by atoms with Crippen molar-refractivity contribution < 1.29 is 4.39 Å². The van der Waals surface area contributed by atoms with Crippen LogP contribution in [-0.2, 0) is 6.54 Å². The van der Waals surface area contributed by atoms with Gasteiger partial charge in [-0.25, -0.2) is 4.39 Å². The van der Waals surface area contributed by atoms with Crippen LogP contribution in [0.2, 0.25) is 5.02 Å². The molecule has 0 radical (unpaired) electrons. The number of aromatic amines is 1. The predicted molar refractivity (Wildman–Crippen MR) is 98.1 cm³/mol. The van der Waals surface area contributed by atoms with E-state index in [0.717, 1.165) is 11.1 Å². The molecule has 0 aliphatic heterocycles. The van der Waals surface area contributed by atoms with Gasteiger partial charge in [-0.3, -0.25) is 5.10 Å². The molecule has 24 heavy (non-hydrogen) atoms. The maximum atomic E-state index is 14.6. The average Bonchev–Trinajstić information content (AvgIpc) is 3.26. The monoisotopic (exact) mass is 357 g/mol. The van der Waals surface area contributed by atoms with Crippen molar-refractivity contribution in [3.63, 3.8) is 0 Å². The summed E-state index contributed by atoms with van der Waals surface area (Å²) >= 11 is 7.87. The summed E-state index contributed by atoms with van der Waals surface area (Å²) in [5, 5.41) is 15.1. The molecule has 0 aliphatic carbocycles. The summed E-state index contributed by atoms with van der Waals surface area (Å²) in [6.07, 6.45) is 0. The van der Waals surface area contributed by atoms with Gasteiger partial charge in [-0.05, 0) is 34.0 Å². The van der Waals surface area contributed by atoms with Crippen molar-refractivity contribution in [1.82, 2.24) is 10.2 Å². The zero-order valence-electron chi connectivity index (χ0n) is 12.5. The van der Waals surface area contributed by atoms with Gasteiger partial charge < -0.3 is 5.32 Å². The SMILES string of the molecule is Fc1c(Cl)c(-c2ccccc2)cc2c(NCc3ccsc3)n[nH]c12. The van der Waals surface area contributed by atoms with Crippen LogP contribution >= 0.6 is 22.9 Å². The Kier molecular flexibility index (Phi) is 3.96. The zero-order chi connectivity index (χ0) is 16.5. The fraction of sp³-hybridized carbons (Fsp3) is 0.0556. The number of fused-ring (bicyclic) bond motifs is 1. The van der Waals surface area contributed by atoms with E-state index in [9.17, 15) is 4.39 Å². The standard InChI is InChI=1S/C18H13ClFN3S/c19-15-13(12-4-2-1-3-5-12)8-14-17(16(15)20)22-23-18(14)21-9-11-6-7-24-10-11/h1-8,10H,9H2,(H2,21,22,23). The molecule has 0 saturated heterocycles. The summed E-state index contributed by atoms with van der Waals surface area (Å²) in [6.45, 7) is 0.633. The van der Waals surface area contributed by atoms with E-state index >= 15 is 0 Å². The maximum absolute atomic E-state index is 14.6. The second kappa shape index (κ2) is 6.26. The second-order valence-electron chi connectivity index (χ2n) is 5.40. The van der Waals surface area contributed by atoms with E-state index in [1.165, 1.54) is 0 Å². The van der Waals surface area contributed by atoms with Crippen LogP contribution in [0.4, 0.5) is 10.2 Å². The van der Waals surface area contributed by atoms with E-state index in [1.807, 2.05) is 47.8 Å². The molecule has 0 fully saturated rings. The Labute approximate surface area is 147 Å². The van der Waals surface area contributed by atoms with Crippen LogP contribution < -0.4 is 5.32 Å². The van der Waals surface area contributed by atoms with Crippen molar-refractivity contribution in [2.75, 3.05) is 5.32 Å². The summed E-state index contributed by atoms with van der Waals surface area (Å²) in [5.74, 6) is 0.132. The first-order chi connectivity index (χ1) is 11.7. The number of H-pyrrole nitrogens is 1. The molecule has 2 N–H and O–H groups in total. The number of aromatic nitrogens is 2. The molecule has 0 aliphatic rings. The number of hydrogen-bond acceptors (Lipinski definition) is 3. The average molecular weight is 358 g/mol. The van der Waals surface area contributed by atoms with Gasteiger partial charge in [0.05, 0.1) is 5.02 Å². The van der Waals surface area contributed by atoms with Crippen molar-refractivity contribution in [2.24, 2.45) is 0 Å². The molecule has 0 unspecified atom stereocenters. The highest BCUT2D eigenvalue weighted by molar-refractivity contribution is 7.07. The zero-order valence-corrected chi connectivity index (χ0v) is 14.1. The number of anilines is 1. The summed E-state index contributed by atoms with van der Waals surface area (Å²) in [5.41, 5.74) is 3.00. The molecule has 0 saturated carbocycles. The van der Waals surface area contributed by atoms with Gasteiger partial charge in [0, 0.05) is 17.5 Å². The Balaban J connectivity index is 1.78. The Morgan fingerprint density at radius 2 is 2.04 bits per heavy atom. The van der Waals surface area contributed by atoms with E-state index in [0.29, 0.717) is 28.8 Å². The third-order valence-electron chi connectivity index (χ3n) is 3.87. The second-order valence-corrected chi connectivity index (χ2v) is 6.56. The van der Waals surface area contributed by atoms with Gasteiger partial charge in [-0.2, -0.15) is 16.4 Å². The number of benzene rings is 2. The van der Waals surface area contributed by atoms with Crippen molar-refractivity contribution in [1.29, 1.82) is 0 Å². The van der Waals surface area contributed by atoms with E-state index in [2.05, 4.69) is 20.9 Å². The molecule has 2 aromatic heterocycles. The molecule has 0 atom stereocenters. The van der Waals surface area contributed by atoms with Crippen LogP contribution in [0.1, 0.15) is 5.56 Å². The fourth-order valence-electron chi connectivity index (χ4n) is 2.64. The summed E-state index contributed by atoms with van der Waals surface area (Å²) in [4.78, 5) is 0. The number of hydrogen-bond donors (Lipinski definition) is 2. The molecular formula is C18H13ClFN3S. The third kappa shape index (κ3) is 2.66. The molecule has 2 heterocycles. The van der Waals surface area contributed by atoms with Gasteiger partial charge in [0.25, 0.3) is 0 Å². The lowest BCUT2D eigenvalue weighted by molar-refractivity contribution is 0.637. The van der Waals surface area contributed by atoms with Crippen LogP contribution in [0.25, 0.3) is 22.0 Å². The first-order valence-corrected chi connectivity index (χ1v) is 8.72. The smallest absolute Gasteiger partial charge is 0.168 e. The van der Waals surface area contributed by atoms with Crippen LogP contribution in [0.15, 0.2) is 53.2 Å². The third-order valence-corrected chi connectivity index (χ3v) is 4.97. The van der Waals surface area contributed by atoms with Crippen LogP contribution in [0, 0.1) is 5.82 Å². The van der Waals surface area contributed by atoms with Crippen LogP contribution in [0.5, 0.6) is 0 Å². The molecule has 3 nitrogen and oxygen atoms in total. The number of halogens is 2. The Morgan fingerprint density at radius 1 is 1.21 bits per heavy atom. The Morgan fingerprint density at radius 3 is 2.79 bits per heavy atom. The van der Waals surface area contributed by atoms with Crippen LogP contribution in [0.3, 0.4) is 0 Å². The number of nitrogens with zero attached hydrogens (tertiary/aromatic N) is 1. The van der Waals surface area contributed by atoms with Gasteiger partial charge >= 0.3 is 0 Å². The summed E-state index contributed by atoms with van der Waals surface area (Å²) in [7, 11) is 0. The quantitative estimate of drug-likeness (QED) is 0.492.